The average molecular weight is 288 g/mol. The summed E-state index contributed by atoms with van der Waals surface area (Å²) in [4.78, 5) is 25.6. The molecular weight excluding hydrogens is 281 g/mol. The summed E-state index contributed by atoms with van der Waals surface area (Å²) in [6.45, 7) is 0. The lowest BCUT2D eigenvalue weighted by Gasteiger charge is -2.01. The molecule has 2 heterocycles. The predicted molar refractivity (Wildman–Crippen MR) is 58.8 cm³/mol. The molecule has 0 saturated heterocycles. The molecule has 0 aromatic carbocycles. The Hall–Kier alpha value is -2.72. The minimum atomic E-state index is -4.71. The number of anilines is 1. The molecule has 0 aliphatic rings. The second-order valence-electron chi connectivity index (χ2n) is 3.64. The molecule has 0 saturated carbocycles. The molecular formula is C9H7F3N6O2. The molecule has 0 bridgehead atoms. The van der Waals surface area contributed by atoms with Gasteiger partial charge in [-0.2, -0.15) is 23.3 Å². The van der Waals surface area contributed by atoms with Crippen molar-refractivity contribution in [1.29, 1.82) is 0 Å². The molecule has 0 atom stereocenters. The molecule has 11 heteroatoms. The summed E-state index contributed by atoms with van der Waals surface area (Å²) in [6.07, 6.45) is -4.71. The normalized spacial score (nSPS) is 11.4. The van der Waals surface area contributed by atoms with Crippen LogP contribution in [0, 0.1) is 0 Å². The van der Waals surface area contributed by atoms with Gasteiger partial charge in [0.1, 0.15) is 5.69 Å². The number of nitrogens with zero attached hydrogens (tertiary/aromatic N) is 4. The maximum absolute atomic E-state index is 12.4. The van der Waals surface area contributed by atoms with Crippen LogP contribution in [-0.4, -0.2) is 30.9 Å². The van der Waals surface area contributed by atoms with Crippen LogP contribution >= 0.6 is 0 Å². The van der Waals surface area contributed by atoms with Gasteiger partial charge in [0.05, 0.1) is 0 Å². The number of carbonyl (C=O) groups is 1. The fourth-order valence-corrected chi connectivity index (χ4v) is 1.25. The third-order valence-corrected chi connectivity index (χ3v) is 2.15. The molecule has 2 aromatic rings. The van der Waals surface area contributed by atoms with Crippen LogP contribution in [0.5, 0.6) is 0 Å². The minimum Gasteiger partial charge on any atom is -0.289 e. The first-order chi connectivity index (χ1) is 9.27. The summed E-state index contributed by atoms with van der Waals surface area (Å²) < 4.78 is 37.9. The first-order valence-electron chi connectivity index (χ1n) is 5.12. The third kappa shape index (κ3) is 2.81. The number of aryl methyl sites for hydroxylation is 1. The van der Waals surface area contributed by atoms with E-state index in [4.69, 9.17) is 0 Å². The number of halogens is 3. The van der Waals surface area contributed by atoms with E-state index in [1.165, 1.54) is 7.05 Å². The summed E-state index contributed by atoms with van der Waals surface area (Å²) in [5, 5.41) is 10.7. The highest BCUT2D eigenvalue weighted by Gasteiger charge is 2.37. The van der Waals surface area contributed by atoms with E-state index < -0.39 is 29.4 Å². The van der Waals surface area contributed by atoms with Crippen LogP contribution in [0.15, 0.2) is 16.9 Å². The van der Waals surface area contributed by atoms with Gasteiger partial charge in [-0.05, 0) is 6.07 Å². The first-order valence-corrected chi connectivity index (χ1v) is 5.12. The summed E-state index contributed by atoms with van der Waals surface area (Å²) in [5.74, 6) is -2.59. The van der Waals surface area contributed by atoms with Crippen molar-refractivity contribution in [2.24, 2.45) is 7.05 Å². The fourth-order valence-electron chi connectivity index (χ4n) is 1.25. The van der Waals surface area contributed by atoms with Crippen molar-refractivity contribution in [3.05, 3.63) is 34.0 Å². The average Bonchev–Trinajstić information content (AvgIpc) is 2.71. The molecule has 106 valence electrons. The number of hydrogen-bond acceptors (Lipinski definition) is 5. The highest BCUT2D eigenvalue weighted by molar-refractivity contribution is 6.01. The van der Waals surface area contributed by atoms with Crippen LogP contribution in [-0.2, 0) is 13.2 Å². The number of nitrogens with one attached hydrogen (secondary N) is 2. The Balaban J connectivity index is 2.22. The van der Waals surface area contributed by atoms with E-state index in [0.717, 1.165) is 16.8 Å². The zero-order valence-corrected chi connectivity index (χ0v) is 9.89. The van der Waals surface area contributed by atoms with Gasteiger partial charge in [-0.15, -0.1) is 5.10 Å². The summed E-state index contributed by atoms with van der Waals surface area (Å²) in [5.41, 5.74) is -0.694. The number of rotatable bonds is 2. The SMILES string of the molecule is Cn1nc(C(F)(F)F)nc1NC(=O)c1ccc(=O)[nH]n1. The smallest absolute Gasteiger partial charge is 0.289 e. The summed E-state index contributed by atoms with van der Waals surface area (Å²) in [7, 11) is 1.19. The highest BCUT2D eigenvalue weighted by Crippen LogP contribution is 2.26. The highest BCUT2D eigenvalue weighted by atomic mass is 19.4. The van der Waals surface area contributed by atoms with Gasteiger partial charge in [0, 0.05) is 13.1 Å². The minimum absolute atomic E-state index is 0.179. The molecule has 2 rings (SSSR count). The van der Waals surface area contributed by atoms with Gasteiger partial charge in [-0.3, -0.25) is 14.9 Å². The van der Waals surface area contributed by atoms with E-state index in [9.17, 15) is 22.8 Å². The van der Waals surface area contributed by atoms with E-state index in [1.807, 2.05) is 5.10 Å². The second-order valence-corrected chi connectivity index (χ2v) is 3.64. The standard InChI is InChI=1S/C9H7F3N6O2/c1-18-8(14-7(17-18)9(10,11)12)13-6(20)4-2-3-5(19)16-15-4/h2-3H,1H3,(H,16,19)(H,13,14,17,20). The predicted octanol–water partition coefficient (Wildman–Crippen LogP) is 0.169. The Bertz CT molecular complexity index is 684. The molecule has 2 N–H and O–H groups in total. The molecule has 0 unspecified atom stereocenters. The van der Waals surface area contributed by atoms with E-state index in [1.54, 1.807) is 0 Å². The monoisotopic (exact) mass is 288 g/mol. The quantitative estimate of drug-likeness (QED) is 0.819. The summed E-state index contributed by atoms with van der Waals surface area (Å²) in [6, 6.07) is 2.18. The Labute approximate surface area is 108 Å². The first kappa shape index (κ1) is 13.7. The van der Waals surface area contributed by atoms with E-state index in [0.29, 0.717) is 0 Å². The van der Waals surface area contributed by atoms with Gasteiger partial charge in [-0.1, -0.05) is 0 Å². The molecule has 0 aliphatic heterocycles. The number of aromatic nitrogens is 5. The van der Waals surface area contributed by atoms with Gasteiger partial charge >= 0.3 is 6.18 Å². The van der Waals surface area contributed by atoms with Gasteiger partial charge < -0.3 is 0 Å². The zero-order chi connectivity index (χ0) is 14.9. The van der Waals surface area contributed by atoms with Crippen LogP contribution in [0.3, 0.4) is 0 Å². The third-order valence-electron chi connectivity index (χ3n) is 2.15. The van der Waals surface area contributed by atoms with Crippen molar-refractivity contribution in [3.63, 3.8) is 0 Å². The van der Waals surface area contributed by atoms with E-state index in [-0.39, 0.29) is 5.69 Å². The molecule has 0 spiro atoms. The molecule has 0 aliphatic carbocycles. The topological polar surface area (TPSA) is 106 Å². The molecule has 0 fully saturated rings. The number of amides is 1. The number of carbonyl (C=O) groups excluding carboxylic acids is 1. The number of H-pyrrole nitrogens is 1. The van der Waals surface area contributed by atoms with Crippen LogP contribution in [0.2, 0.25) is 0 Å². The maximum Gasteiger partial charge on any atom is 0.453 e. The number of hydrogen-bond donors (Lipinski definition) is 2. The van der Waals surface area contributed by atoms with Gasteiger partial charge in [0.25, 0.3) is 17.3 Å². The van der Waals surface area contributed by atoms with Gasteiger partial charge in [0.15, 0.2) is 0 Å². The molecule has 2 aromatic heterocycles. The number of aromatic amines is 1. The molecule has 8 nitrogen and oxygen atoms in total. The Morgan fingerprint density at radius 3 is 2.60 bits per heavy atom. The van der Waals surface area contributed by atoms with Crippen LogP contribution in [0.25, 0.3) is 0 Å². The zero-order valence-electron chi connectivity index (χ0n) is 9.89. The lowest BCUT2D eigenvalue weighted by atomic mass is 10.4. The van der Waals surface area contributed by atoms with Gasteiger partial charge in [-0.25, -0.2) is 9.78 Å². The lowest BCUT2D eigenvalue weighted by molar-refractivity contribution is -0.144. The van der Waals surface area contributed by atoms with Crippen molar-refractivity contribution in [3.8, 4) is 0 Å². The Morgan fingerprint density at radius 1 is 1.40 bits per heavy atom. The van der Waals surface area contributed by atoms with Crippen molar-refractivity contribution < 1.29 is 18.0 Å². The Morgan fingerprint density at radius 2 is 2.10 bits per heavy atom. The van der Waals surface area contributed by atoms with Gasteiger partial charge in [0.2, 0.25) is 5.95 Å². The van der Waals surface area contributed by atoms with Crippen molar-refractivity contribution >= 4 is 11.9 Å². The van der Waals surface area contributed by atoms with Crippen LogP contribution in [0.1, 0.15) is 16.3 Å². The fraction of sp³-hybridized carbons (Fsp3) is 0.222. The molecule has 20 heavy (non-hydrogen) atoms. The molecule has 1 amide bonds. The Kier molecular flexibility index (Phi) is 3.26. The lowest BCUT2D eigenvalue weighted by Crippen LogP contribution is -2.19. The second kappa shape index (κ2) is 4.75. The largest absolute Gasteiger partial charge is 0.453 e. The van der Waals surface area contributed by atoms with Crippen molar-refractivity contribution in [2.45, 2.75) is 6.18 Å². The molecule has 0 radical (unpaired) electrons. The van der Waals surface area contributed by atoms with E-state index >= 15 is 0 Å². The number of alkyl halides is 3. The summed E-state index contributed by atoms with van der Waals surface area (Å²) >= 11 is 0. The van der Waals surface area contributed by atoms with Crippen LogP contribution < -0.4 is 10.9 Å². The van der Waals surface area contributed by atoms with E-state index in [2.05, 4.69) is 20.5 Å². The maximum atomic E-state index is 12.4. The van der Waals surface area contributed by atoms with Crippen molar-refractivity contribution in [1.82, 2.24) is 25.0 Å². The van der Waals surface area contributed by atoms with Crippen molar-refractivity contribution in [2.75, 3.05) is 5.32 Å². The van der Waals surface area contributed by atoms with Crippen LogP contribution in [0.4, 0.5) is 19.1 Å².